The summed E-state index contributed by atoms with van der Waals surface area (Å²) in [5, 5.41) is 7.01. The number of benzene rings is 2. The van der Waals surface area contributed by atoms with Crippen LogP contribution in [0.4, 0.5) is 13.2 Å². The average Bonchev–Trinajstić information content (AvgIpc) is 3.14. The Balaban J connectivity index is 1.69. The van der Waals surface area contributed by atoms with Crippen molar-refractivity contribution >= 4 is 11.8 Å². The molecule has 168 valence electrons. The SMILES string of the molecule is Cc1c(C(C)NC(=O)CN(C)C(=O)c2ccccc2)cnn1-c1cccc(C(F)(F)F)c1. The van der Waals surface area contributed by atoms with Crippen molar-refractivity contribution in [3.63, 3.8) is 0 Å². The summed E-state index contributed by atoms with van der Waals surface area (Å²) in [5.74, 6) is -0.641. The molecule has 1 heterocycles. The van der Waals surface area contributed by atoms with Crippen LogP contribution in [0.3, 0.4) is 0 Å². The highest BCUT2D eigenvalue weighted by Crippen LogP contribution is 2.31. The fraction of sp³-hybridized carbons (Fsp3) is 0.261. The van der Waals surface area contributed by atoms with Crippen LogP contribution in [-0.4, -0.2) is 40.1 Å². The molecule has 0 aliphatic rings. The molecule has 0 aliphatic carbocycles. The summed E-state index contributed by atoms with van der Waals surface area (Å²) in [7, 11) is 1.54. The van der Waals surface area contributed by atoms with Gasteiger partial charge in [-0.05, 0) is 44.2 Å². The van der Waals surface area contributed by atoms with Crippen molar-refractivity contribution in [3.05, 3.63) is 83.2 Å². The van der Waals surface area contributed by atoms with Gasteiger partial charge in [0.15, 0.2) is 0 Å². The second-order valence-corrected chi connectivity index (χ2v) is 7.46. The van der Waals surface area contributed by atoms with Crippen LogP contribution in [0.15, 0.2) is 60.8 Å². The molecule has 3 rings (SSSR count). The summed E-state index contributed by atoms with van der Waals surface area (Å²) in [4.78, 5) is 26.2. The number of halogens is 3. The number of aromatic nitrogens is 2. The molecule has 2 amide bonds. The highest BCUT2D eigenvalue weighted by Gasteiger charge is 2.30. The van der Waals surface area contributed by atoms with Crippen LogP contribution in [0.2, 0.25) is 0 Å². The van der Waals surface area contributed by atoms with Gasteiger partial charge in [0, 0.05) is 23.9 Å². The van der Waals surface area contributed by atoms with Crippen LogP contribution >= 0.6 is 0 Å². The molecule has 1 aromatic heterocycles. The van der Waals surface area contributed by atoms with E-state index in [1.807, 2.05) is 0 Å². The quantitative estimate of drug-likeness (QED) is 0.621. The molecule has 0 bridgehead atoms. The van der Waals surface area contributed by atoms with Gasteiger partial charge >= 0.3 is 6.18 Å². The molecule has 1 unspecified atom stereocenters. The fourth-order valence-electron chi connectivity index (χ4n) is 3.37. The number of hydrogen-bond acceptors (Lipinski definition) is 3. The van der Waals surface area contributed by atoms with Crippen LogP contribution in [0.1, 0.15) is 40.1 Å². The van der Waals surface area contributed by atoms with E-state index in [1.165, 1.54) is 35.0 Å². The first-order valence-electron chi connectivity index (χ1n) is 9.90. The zero-order valence-corrected chi connectivity index (χ0v) is 17.8. The zero-order valence-electron chi connectivity index (χ0n) is 17.8. The number of likely N-dealkylation sites (N-methyl/N-ethyl adjacent to an activating group) is 1. The maximum absolute atomic E-state index is 13.0. The first kappa shape index (κ1) is 23.1. The minimum Gasteiger partial charge on any atom is -0.348 e. The third-order valence-electron chi connectivity index (χ3n) is 5.06. The van der Waals surface area contributed by atoms with Gasteiger partial charge in [0.05, 0.1) is 30.0 Å². The molecular weight excluding hydrogens is 421 g/mol. The number of alkyl halides is 3. The maximum Gasteiger partial charge on any atom is 0.416 e. The lowest BCUT2D eigenvalue weighted by molar-refractivity contribution is -0.137. The Morgan fingerprint density at radius 2 is 1.81 bits per heavy atom. The van der Waals surface area contributed by atoms with E-state index in [1.54, 1.807) is 44.2 Å². The number of nitrogens with one attached hydrogen (secondary N) is 1. The Kier molecular flexibility index (Phi) is 6.67. The van der Waals surface area contributed by atoms with E-state index in [0.29, 0.717) is 16.8 Å². The van der Waals surface area contributed by atoms with E-state index < -0.39 is 17.8 Å². The monoisotopic (exact) mass is 444 g/mol. The first-order valence-corrected chi connectivity index (χ1v) is 9.90. The van der Waals surface area contributed by atoms with Crippen LogP contribution in [0.25, 0.3) is 5.69 Å². The summed E-state index contributed by atoms with van der Waals surface area (Å²) in [6, 6.07) is 13.1. The first-order chi connectivity index (χ1) is 15.1. The minimum atomic E-state index is -4.45. The Morgan fingerprint density at radius 3 is 2.47 bits per heavy atom. The zero-order chi connectivity index (χ0) is 23.5. The molecule has 9 heteroatoms. The van der Waals surface area contributed by atoms with Crippen molar-refractivity contribution < 1.29 is 22.8 Å². The summed E-state index contributed by atoms with van der Waals surface area (Å²) in [5.41, 5.74) is 1.25. The fourth-order valence-corrected chi connectivity index (χ4v) is 3.37. The van der Waals surface area contributed by atoms with Gasteiger partial charge in [-0.25, -0.2) is 4.68 Å². The molecule has 1 N–H and O–H groups in total. The molecule has 0 saturated carbocycles. The second-order valence-electron chi connectivity index (χ2n) is 7.46. The Morgan fingerprint density at radius 1 is 1.12 bits per heavy atom. The number of carbonyl (C=O) groups is 2. The minimum absolute atomic E-state index is 0.140. The molecule has 6 nitrogen and oxygen atoms in total. The van der Waals surface area contributed by atoms with Crippen molar-refractivity contribution in [2.75, 3.05) is 13.6 Å². The molecular formula is C23H23F3N4O2. The van der Waals surface area contributed by atoms with Crippen LogP contribution in [0, 0.1) is 6.92 Å². The van der Waals surface area contributed by atoms with Gasteiger partial charge < -0.3 is 10.2 Å². The van der Waals surface area contributed by atoms with E-state index in [4.69, 9.17) is 0 Å². The van der Waals surface area contributed by atoms with Crippen molar-refractivity contribution in [1.29, 1.82) is 0 Å². The third-order valence-corrected chi connectivity index (χ3v) is 5.06. The van der Waals surface area contributed by atoms with Crippen LogP contribution < -0.4 is 5.32 Å². The second kappa shape index (κ2) is 9.25. The number of amides is 2. The Hall–Kier alpha value is -3.62. The lowest BCUT2D eigenvalue weighted by Gasteiger charge is -2.19. The lowest BCUT2D eigenvalue weighted by Crippen LogP contribution is -2.39. The normalized spacial score (nSPS) is 12.3. The van der Waals surface area contributed by atoms with E-state index in [0.717, 1.165) is 12.1 Å². The topological polar surface area (TPSA) is 67.2 Å². The van der Waals surface area contributed by atoms with Gasteiger partial charge in [-0.15, -0.1) is 0 Å². The van der Waals surface area contributed by atoms with Crippen LogP contribution in [0.5, 0.6) is 0 Å². The van der Waals surface area contributed by atoms with Gasteiger partial charge in [-0.3, -0.25) is 9.59 Å². The van der Waals surface area contributed by atoms with Crippen molar-refractivity contribution in [2.24, 2.45) is 0 Å². The Bertz CT molecular complexity index is 1110. The average molecular weight is 444 g/mol. The summed E-state index contributed by atoms with van der Waals surface area (Å²) in [6.45, 7) is 3.33. The van der Waals surface area contributed by atoms with Gasteiger partial charge in [0.2, 0.25) is 5.91 Å². The highest BCUT2D eigenvalue weighted by molar-refractivity contribution is 5.96. The van der Waals surface area contributed by atoms with Crippen molar-refractivity contribution in [1.82, 2.24) is 20.0 Å². The molecule has 0 saturated heterocycles. The van der Waals surface area contributed by atoms with Gasteiger partial charge in [-0.1, -0.05) is 24.3 Å². The molecule has 0 spiro atoms. The molecule has 1 atom stereocenters. The lowest BCUT2D eigenvalue weighted by atomic mass is 10.1. The van der Waals surface area contributed by atoms with Crippen molar-refractivity contribution in [3.8, 4) is 5.69 Å². The number of hydrogen-bond donors (Lipinski definition) is 1. The van der Waals surface area contributed by atoms with Gasteiger partial charge in [0.25, 0.3) is 5.91 Å². The number of rotatable bonds is 6. The van der Waals surface area contributed by atoms with Gasteiger partial charge in [0.1, 0.15) is 0 Å². The van der Waals surface area contributed by atoms with Crippen molar-refractivity contribution in [2.45, 2.75) is 26.1 Å². The molecule has 3 aromatic rings. The number of nitrogens with zero attached hydrogens (tertiary/aromatic N) is 3. The molecule has 2 aromatic carbocycles. The van der Waals surface area contributed by atoms with E-state index in [9.17, 15) is 22.8 Å². The number of carbonyl (C=O) groups excluding carboxylic acids is 2. The van der Waals surface area contributed by atoms with Gasteiger partial charge in [-0.2, -0.15) is 18.3 Å². The van der Waals surface area contributed by atoms with E-state index in [-0.39, 0.29) is 24.0 Å². The predicted octanol–water partition coefficient (Wildman–Crippen LogP) is 4.15. The summed E-state index contributed by atoms with van der Waals surface area (Å²) in [6.07, 6.45) is -2.94. The Labute approximate surface area is 183 Å². The molecule has 0 radical (unpaired) electrons. The molecule has 0 aliphatic heterocycles. The largest absolute Gasteiger partial charge is 0.416 e. The standard InChI is InChI=1S/C23H23F3N4O2/c1-15(28-21(31)14-29(3)22(32)17-8-5-4-6-9-17)20-13-27-30(16(20)2)19-11-7-10-18(12-19)23(24,25)26/h4-13,15H,14H2,1-3H3,(H,28,31). The molecule has 0 fully saturated rings. The van der Waals surface area contributed by atoms with E-state index in [2.05, 4.69) is 10.4 Å². The summed E-state index contributed by atoms with van der Waals surface area (Å²) < 4.78 is 40.5. The summed E-state index contributed by atoms with van der Waals surface area (Å²) >= 11 is 0. The smallest absolute Gasteiger partial charge is 0.348 e. The third kappa shape index (κ3) is 5.16. The molecule has 32 heavy (non-hydrogen) atoms. The van der Waals surface area contributed by atoms with E-state index >= 15 is 0 Å². The van der Waals surface area contributed by atoms with Crippen LogP contribution in [-0.2, 0) is 11.0 Å². The predicted molar refractivity (Wildman–Crippen MR) is 113 cm³/mol. The maximum atomic E-state index is 13.0. The highest BCUT2D eigenvalue weighted by atomic mass is 19.4.